The fourth-order valence-electron chi connectivity index (χ4n) is 10.00. The predicted octanol–water partition coefficient (Wildman–Crippen LogP) is -7.04. The first-order valence-corrected chi connectivity index (χ1v) is 33.3. The van der Waals surface area contributed by atoms with Crippen molar-refractivity contribution in [3.63, 3.8) is 0 Å². The molecule has 3 aromatic rings. The van der Waals surface area contributed by atoms with Crippen LogP contribution in [0.4, 0.5) is 0 Å². The van der Waals surface area contributed by atoms with Crippen molar-refractivity contribution in [2.24, 2.45) is 34.8 Å². The van der Waals surface area contributed by atoms with E-state index in [1.165, 1.54) is 27.0 Å². The topological polar surface area (TPSA) is 613 Å². The summed E-state index contributed by atoms with van der Waals surface area (Å²) in [6.45, 7) is 6.91. The number of carbonyl (C=O) groups is 15. The molecule has 0 fully saturated rings. The van der Waals surface area contributed by atoms with Gasteiger partial charge < -0.3 is 117 Å². The number of rotatable bonds is 45. The maximum atomic E-state index is 14.4. The number of carboxylic acids is 2. The van der Waals surface area contributed by atoms with Crippen LogP contribution in [0.25, 0.3) is 10.9 Å². The fraction of sp³-hybridized carbons (Fsp3) is 0.554. The molecule has 0 aliphatic heterocycles. The molecule has 1 heterocycles. The quantitative estimate of drug-likeness (QED) is 0.0250. The Kier molecular flexibility index (Phi) is 36.6. The third-order valence-corrected chi connectivity index (χ3v) is 16.2. The summed E-state index contributed by atoms with van der Waals surface area (Å²) in [7, 11) is 0. The smallest absolute Gasteiger partial charge is 0.325 e. The van der Waals surface area contributed by atoms with E-state index in [9.17, 15) is 92.3 Å². The van der Waals surface area contributed by atoms with Crippen LogP contribution in [-0.4, -0.2) is 232 Å². The first kappa shape index (κ1) is 86.0. The molecule has 102 heavy (non-hydrogen) atoms. The highest BCUT2D eigenvalue weighted by Crippen LogP contribution is 2.20. The van der Waals surface area contributed by atoms with Crippen molar-refractivity contribution in [3.05, 3.63) is 71.9 Å². The third kappa shape index (κ3) is 28.1. The number of aliphatic hydroxyl groups is 2. The van der Waals surface area contributed by atoms with Crippen LogP contribution in [0.3, 0.4) is 0 Å². The molecule has 26 N–H and O–H groups in total. The van der Waals surface area contributed by atoms with Gasteiger partial charge in [-0.3, -0.25) is 71.9 Å². The summed E-state index contributed by atoms with van der Waals surface area (Å²) in [5.41, 5.74) is 24.7. The van der Waals surface area contributed by atoms with Gasteiger partial charge in [0, 0.05) is 36.4 Å². The van der Waals surface area contributed by atoms with Gasteiger partial charge in [0.05, 0.1) is 25.8 Å². The van der Waals surface area contributed by atoms with Crippen molar-refractivity contribution in [1.29, 1.82) is 0 Å². The number of aromatic amines is 1. The molecule has 2 aromatic carbocycles. The molecule has 0 saturated heterocycles. The molecular formula is C65H100N18O19. The molecular weight excluding hydrogens is 1340 g/mol. The van der Waals surface area contributed by atoms with E-state index in [1.54, 1.807) is 82.3 Å². The number of fused-ring (bicyclic) bond motifs is 1. The lowest BCUT2D eigenvalue weighted by Gasteiger charge is -2.28. The minimum absolute atomic E-state index is 0.0970. The summed E-state index contributed by atoms with van der Waals surface area (Å²) in [6, 6.07) is -4.09. The molecule has 0 spiro atoms. The zero-order chi connectivity index (χ0) is 76.5. The summed E-state index contributed by atoms with van der Waals surface area (Å²) in [6.07, 6.45) is -0.625. The Morgan fingerprint density at radius 1 is 0.441 bits per heavy atom. The summed E-state index contributed by atoms with van der Waals surface area (Å²) in [5.74, 6) is -16.2. The van der Waals surface area contributed by atoms with Gasteiger partial charge in [0.2, 0.25) is 76.8 Å². The Morgan fingerprint density at radius 2 is 0.863 bits per heavy atom. The first-order valence-electron chi connectivity index (χ1n) is 33.3. The summed E-state index contributed by atoms with van der Waals surface area (Å²) >= 11 is 0. The van der Waals surface area contributed by atoms with Crippen molar-refractivity contribution < 1.29 is 92.3 Å². The number of hydrogen-bond acceptors (Lipinski definition) is 21. The van der Waals surface area contributed by atoms with E-state index in [1.807, 2.05) is 0 Å². The highest BCUT2D eigenvalue weighted by atomic mass is 16.4. The van der Waals surface area contributed by atoms with E-state index in [4.69, 9.17) is 22.9 Å². The largest absolute Gasteiger partial charge is 0.481 e. The van der Waals surface area contributed by atoms with Gasteiger partial charge >= 0.3 is 11.9 Å². The molecule has 13 amide bonds. The zero-order valence-electron chi connectivity index (χ0n) is 58.1. The van der Waals surface area contributed by atoms with E-state index in [0.717, 1.165) is 0 Å². The van der Waals surface area contributed by atoms with Crippen LogP contribution in [-0.2, 0) is 84.8 Å². The van der Waals surface area contributed by atoms with E-state index < -0.39 is 212 Å². The number of aliphatic hydroxyl groups excluding tert-OH is 2. The highest BCUT2D eigenvalue weighted by Gasteiger charge is 2.37. The van der Waals surface area contributed by atoms with Crippen molar-refractivity contribution in [2.45, 2.75) is 178 Å². The second-order valence-corrected chi connectivity index (χ2v) is 24.7. The van der Waals surface area contributed by atoms with Crippen LogP contribution in [0.5, 0.6) is 0 Å². The molecule has 37 nitrogen and oxygen atoms in total. The average molecular weight is 1440 g/mol. The molecule has 1 aromatic heterocycles. The van der Waals surface area contributed by atoms with Crippen LogP contribution < -0.4 is 92.1 Å². The molecule has 37 heteroatoms. The number of aromatic nitrogens is 1. The Morgan fingerprint density at radius 3 is 1.36 bits per heavy atom. The normalized spacial score (nSPS) is 15.3. The van der Waals surface area contributed by atoms with Crippen molar-refractivity contribution >= 4 is 99.6 Å². The monoisotopic (exact) mass is 1440 g/mol. The lowest BCUT2D eigenvalue weighted by Crippen LogP contribution is -2.61. The number of H-pyrrole nitrogens is 1. The number of benzene rings is 2. The third-order valence-electron chi connectivity index (χ3n) is 16.2. The molecule has 0 bridgehead atoms. The number of nitrogens with two attached hydrogens (primary N) is 4. The van der Waals surface area contributed by atoms with Gasteiger partial charge in [-0.1, -0.05) is 82.6 Å². The SMILES string of the molecule is CC[C@H](C)[C@@H](NC(=O)[C@H](C)NC(=O)[C@H](CCC(=O)O)NC(=O)[C@H](Cc1ccccc1)NC(=O)[C@@H](CCN)NC(=O)[C@H](CCN)NC(=O)[C@H](CO)NC(=O)[C@@H](Cc1c[nH]c2ccccc12)NC(=O)[C@@H](CO)NC(=O)CNC(=O)[C@@H](CCN)NC(=O)[C@H](NC(=O)[C@H](C)N)C(C)C)C(=O)N[C@@H](C)C(=O)O. The number of carbonyl (C=O) groups excluding carboxylic acids is 13. The minimum Gasteiger partial charge on any atom is -0.481 e. The van der Waals surface area contributed by atoms with Crippen molar-refractivity contribution in [1.82, 2.24) is 74.1 Å². The van der Waals surface area contributed by atoms with E-state index in [2.05, 4.69) is 74.1 Å². The van der Waals surface area contributed by atoms with Crippen LogP contribution in [0.15, 0.2) is 60.8 Å². The van der Waals surface area contributed by atoms with Crippen LogP contribution in [0.1, 0.15) is 98.1 Å². The molecule has 564 valence electrons. The fourth-order valence-corrected chi connectivity index (χ4v) is 10.00. The Balaban J connectivity index is 1.85. The van der Waals surface area contributed by atoms with Crippen LogP contribution in [0.2, 0.25) is 0 Å². The van der Waals surface area contributed by atoms with Gasteiger partial charge in [0.25, 0.3) is 0 Å². The molecule has 0 unspecified atom stereocenters. The molecule has 0 saturated carbocycles. The molecule has 0 radical (unpaired) electrons. The lowest BCUT2D eigenvalue weighted by molar-refractivity contribution is -0.142. The molecule has 14 atom stereocenters. The van der Waals surface area contributed by atoms with Gasteiger partial charge in [-0.2, -0.15) is 0 Å². The van der Waals surface area contributed by atoms with E-state index in [-0.39, 0.29) is 51.7 Å². The number of para-hydroxylation sites is 1. The Hall–Kier alpha value is -10.2. The van der Waals surface area contributed by atoms with E-state index >= 15 is 0 Å². The maximum Gasteiger partial charge on any atom is 0.325 e. The second kappa shape index (κ2) is 43.5. The maximum absolute atomic E-state index is 14.4. The number of carboxylic acid groups (broad SMARTS) is 2. The van der Waals surface area contributed by atoms with Gasteiger partial charge in [-0.15, -0.1) is 0 Å². The average Bonchev–Trinajstić information content (AvgIpc) is 1.63. The molecule has 0 aliphatic carbocycles. The summed E-state index contributed by atoms with van der Waals surface area (Å²) in [4.78, 5) is 204. The first-order chi connectivity index (χ1) is 48.2. The van der Waals surface area contributed by atoms with Crippen LogP contribution >= 0.6 is 0 Å². The Labute approximate surface area is 588 Å². The number of nitrogens with one attached hydrogen (secondary N) is 14. The summed E-state index contributed by atoms with van der Waals surface area (Å²) < 4.78 is 0. The minimum atomic E-state index is -1.87. The predicted molar refractivity (Wildman–Crippen MR) is 367 cm³/mol. The van der Waals surface area contributed by atoms with Crippen LogP contribution in [0, 0.1) is 11.8 Å². The number of aliphatic carboxylic acids is 2. The second-order valence-electron chi connectivity index (χ2n) is 24.7. The molecule has 3 rings (SSSR count). The number of amides is 13. The lowest BCUT2D eigenvalue weighted by atomic mass is 9.97. The van der Waals surface area contributed by atoms with E-state index in [0.29, 0.717) is 28.5 Å². The van der Waals surface area contributed by atoms with Gasteiger partial charge in [0.1, 0.15) is 72.5 Å². The standard InChI is InChI=1S/C65H100N18O19/c1-8-33(4)52(64(100)73-36(7)65(101)102)83-54(90)35(6)72-56(92)41(18-19-50(87)88)75-59(95)45(26-37-14-10-9-11-15-37)79-58(94)44(22-25-68)76-57(93)43(21-24-67)77-62(98)48(31-85)81-60(96)46(27-38-28-70-40-17-13-12-16-39(38)40)80-61(97)47(30-84)74-49(86)29-71-55(91)42(20-23-66)78-63(99)51(32(2)3)82-53(89)34(5)69/h9-17,28,32-36,41-48,51-52,70,84-85H,8,18-27,29-31,66-69H2,1-7H3,(H,71,91)(H,72,92)(H,73,100)(H,74,86)(H,75,95)(H,76,93)(H,77,98)(H,78,99)(H,79,94)(H,80,97)(H,81,96)(H,82,89)(H,83,90)(H,87,88)(H,101,102)/t33-,34-,35-,36-,41-,42+,43-,44+,45-,46+,47+,48-,51+,52+/m0/s1. The van der Waals surface area contributed by atoms with Crippen molar-refractivity contribution in [3.8, 4) is 0 Å². The van der Waals surface area contributed by atoms with Gasteiger partial charge in [-0.25, -0.2) is 0 Å². The zero-order valence-corrected chi connectivity index (χ0v) is 58.1. The number of hydrogen-bond donors (Lipinski definition) is 22. The van der Waals surface area contributed by atoms with Gasteiger partial charge in [-0.05, 0) is 95.1 Å². The summed E-state index contributed by atoms with van der Waals surface area (Å²) in [5, 5.41) is 72.0. The Bertz CT molecular complexity index is 3370. The van der Waals surface area contributed by atoms with Gasteiger partial charge in [0.15, 0.2) is 0 Å². The molecule has 0 aliphatic rings. The van der Waals surface area contributed by atoms with Crippen molar-refractivity contribution in [2.75, 3.05) is 39.4 Å². The highest BCUT2D eigenvalue weighted by molar-refractivity contribution is 6.00.